The van der Waals surface area contributed by atoms with Crippen molar-refractivity contribution in [2.45, 2.75) is 110 Å². The van der Waals surface area contributed by atoms with Crippen molar-refractivity contribution in [2.75, 3.05) is 13.1 Å². The Kier molecular flexibility index (Phi) is 10.8. The van der Waals surface area contributed by atoms with Gasteiger partial charge in [0.15, 0.2) is 0 Å². The van der Waals surface area contributed by atoms with Gasteiger partial charge < -0.3 is 25.6 Å². The lowest BCUT2D eigenvalue weighted by atomic mass is 9.94. The van der Waals surface area contributed by atoms with Crippen LogP contribution in [0.4, 0.5) is 4.79 Å². The number of amides is 4. The zero-order valence-electron chi connectivity index (χ0n) is 24.8. The van der Waals surface area contributed by atoms with Gasteiger partial charge in [0, 0.05) is 13.1 Å². The van der Waals surface area contributed by atoms with Gasteiger partial charge in [-0.3, -0.25) is 19.2 Å². The minimum absolute atomic E-state index is 0.0293. The van der Waals surface area contributed by atoms with Crippen LogP contribution in [0.15, 0.2) is 12.7 Å². The molecule has 40 heavy (non-hydrogen) atoms. The summed E-state index contributed by atoms with van der Waals surface area (Å²) in [6.45, 7) is 14.0. The van der Waals surface area contributed by atoms with Crippen molar-refractivity contribution < 1.29 is 28.7 Å². The Labute approximate surface area is 238 Å². The predicted molar refractivity (Wildman–Crippen MR) is 151 cm³/mol. The third kappa shape index (κ3) is 6.86. The zero-order valence-corrected chi connectivity index (χ0v) is 24.8. The first-order valence-corrected chi connectivity index (χ1v) is 15.0. The van der Waals surface area contributed by atoms with Gasteiger partial charge in [0.05, 0.1) is 6.04 Å². The van der Waals surface area contributed by atoms with Gasteiger partial charge in [-0.2, -0.15) is 0 Å². The zero-order chi connectivity index (χ0) is 29.6. The number of likely N-dealkylation sites (tertiary alicyclic amines) is 1. The second kappa shape index (κ2) is 13.6. The number of Topliss-reactive ketones (excluding diaryl/α,β-unsaturated/α-hetero) is 1. The van der Waals surface area contributed by atoms with E-state index in [0.29, 0.717) is 32.2 Å². The third-order valence-corrected chi connectivity index (χ3v) is 9.20. The number of hydrogen-bond acceptors (Lipinski definition) is 6. The molecule has 1 aliphatic heterocycles. The summed E-state index contributed by atoms with van der Waals surface area (Å²) in [5.74, 6) is -2.15. The van der Waals surface area contributed by atoms with E-state index in [1.165, 1.54) is 6.08 Å². The quantitative estimate of drug-likeness (QED) is 0.221. The van der Waals surface area contributed by atoms with Crippen LogP contribution in [-0.4, -0.2) is 71.8 Å². The molecule has 2 saturated carbocycles. The monoisotopic (exact) mass is 560 g/mol. The van der Waals surface area contributed by atoms with Crippen LogP contribution in [0.2, 0.25) is 0 Å². The van der Waals surface area contributed by atoms with Crippen LogP contribution in [0.1, 0.15) is 86.0 Å². The summed E-state index contributed by atoms with van der Waals surface area (Å²) in [6, 6.07) is -2.55. The lowest BCUT2D eigenvalue weighted by Crippen LogP contribution is -2.59. The first kappa shape index (κ1) is 31.6. The highest BCUT2D eigenvalue weighted by atomic mass is 16.6. The molecule has 4 amide bonds. The summed E-state index contributed by atoms with van der Waals surface area (Å²) in [7, 11) is 0. The second-order valence-corrected chi connectivity index (χ2v) is 12.1. The fourth-order valence-electron chi connectivity index (χ4n) is 6.66. The second-order valence-electron chi connectivity index (χ2n) is 12.1. The number of ether oxygens (including phenoxy) is 1. The minimum atomic E-state index is -0.987. The van der Waals surface area contributed by atoms with Crippen molar-refractivity contribution in [3.8, 4) is 0 Å². The number of nitrogens with zero attached hydrogens (tertiary/aromatic N) is 1. The summed E-state index contributed by atoms with van der Waals surface area (Å²) in [5.41, 5.74) is -0.130. The van der Waals surface area contributed by atoms with Gasteiger partial charge in [0.2, 0.25) is 17.6 Å². The SMILES string of the molecule is C=CCNC(=O)C(=O)C(CCC)NC(=O)C1C2C(CN1C(=O)[C@@H](NC(=O)OC(CC)CC)C1CCCC1)C2(C)C. The number of carbonyl (C=O) groups excluding carboxylic acids is 5. The maximum absolute atomic E-state index is 14.1. The molecular formula is C30H48N4O6. The fourth-order valence-corrected chi connectivity index (χ4v) is 6.66. The summed E-state index contributed by atoms with van der Waals surface area (Å²) in [4.78, 5) is 67.5. The topological polar surface area (TPSA) is 134 Å². The molecule has 3 aliphatic rings. The molecule has 0 bridgehead atoms. The third-order valence-electron chi connectivity index (χ3n) is 9.20. The van der Waals surface area contributed by atoms with Crippen LogP contribution < -0.4 is 16.0 Å². The van der Waals surface area contributed by atoms with E-state index >= 15 is 0 Å². The maximum atomic E-state index is 14.1. The number of ketones is 1. The molecule has 3 rings (SSSR count). The molecule has 3 N–H and O–H groups in total. The van der Waals surface area contributed by atoms with Crippen LogP contribution in [-0.2, 0) is 23.9 Å². The number of piperidine rings is 1. The predicted octanol–water partition coefficient (Wildman–Crippen LogP) is 3.10. The first-order valence-electron chi connectivity index (χ1n) is 15.0. The van der Waals surface area contributed by atoms with Crippen molar-refractivity contribution >= 4 is 29.6 Å². The van der Waals surface area contributed by atoms with Gasteiger partial charge in [0.25, 0.3) is 5.91 Å². The number of alkyl carbamates (subject to hydrolysis) is 1. The molecule has 0 aromatic carbocycles. The normalized spacial score (nSPS) is 24.6. The van der Waals surface area contributed by atoms with Crippen molar-refractivity contribution in [1.29, 1.82) is 0 Å². The molecule has 224 valence electrons. The standard InChI is InChI=1S/C30H48N4O6/c1-7-13-21(25(35)27(37)31-16-8-2)32-26(36)24-22-20(30(22,5)6)17-34(24)28(38)23(18-14-11-12-15-18)33-29(39)40-19(9-3)10-4/h8,18-24H,2,7,9-17H2,1,3-6H3,(H,31,37)(H,32,36)(H,33,39)/t20?,21?,22?,23-,24?/m0/s1. The highest BCUT2D eigenvalue weighted by molar-refractivity contribution is 6.38. The van der Waals surface area contributed by atoms with Crippen LogP contribution in [0, 0.1) is 23.2 Å². The molecule has 0 aromatic rings. The van der Waals surface area contributed by atoms with Crippen LogP contribution in [0.25, 0.3) is 0 Å². The van der Waals surface area contributed by atoms with E-state index in [1.807, 2.05) is 20.8 Å². The van der Waals surface area contributed by atoms with Gasteiger partial charge in [-0.1, -0.05) is 60.0 Å². The number of nitrogens with one attached hydrogen (secondary N) is 3. The molecule has 2 aliphatic carbocycles. The maximum Gasteiger partial charge on any atom is 0.408 e. The van der Waals surface area contributed by atoms with Crippen molar-refractivity contribution in [1.82, 2.24) is 20.9 Å². The summed E-state index contributed by atoms with van der Waals surface area (Å²) in [6.07, 6.45) is 6.49. The van der Waals surface area contributed by atoms with E-state index in [2.05, 4.69) is 36.4 Å². The number of carbonyl (C=O) groups is 5. The highest BCUT2D eigenvalue weighted by Gasteiger charge is 2.69. The molecule has 10 heteroatoms. The van der Waals surface area contributed by atoms with Gasteiger partial charge in [-0.15, -0.1) is 6.58 Å². The lowest BCUT2D eigenvalue weighted by molar-refractivity contribution is -0.144. The van der Waals surface area contributed by atoms with Crippen molar-refractivity contribution in [3.63, 3.8) is 0 Å². The number of rotatable bonds is 14. The molecule has 5 atom stereocenters. The van der Waals surface area contributed by atoms with E-state index in [1.54, 1.807) is 4.90 Å². The molecule has 1 heterocycles. The lowest BCUT2D eigenvalue weighted by Gasteiger charge is -2.35. The van der Waals surface area contributed by atoms with E-state index in [0.717, 1.165) is 25.7 Å². The molecule has 1 saturated heterocycles. The highest BCUT2D eigenvalue weighted by Crippen LogP contribution is 2.65. The summed E-state index contributed by atoms with van der Waals surface area (Å²) >= 11 is 0. The minimum Gasteiger partial charge on any atom is -0.446 e. The van der Waals surface area contributed by atoms with Crippen molar-refractivity contribution in [3.05, 3.63) is 12.7 Å². The van der Waals surface area contributed by atoms with Gasteiger partial charge >= 0.3 is 6.09 Å². The Hall–Kier alpha value is -2.91. The average Bonchev–Trinajstić information content (AvgIpc) is 3.38. The Morgan fingerprint density at radius 2 is 1.70 bits per heavy atom. The van der Waals surface area contributed by atoms with Crippen LogP contribution >= 0.6 is 0 Å². The Bertz CT molecular complexity index is 971. The van der Waals surface area contributed by atoms with Gasteiger partial charge in [-0.05, 0) is 55.3 Å². The van der Waals surface area contributed by atoms with E-state index in [-0.39, 0.29) is 41.7 Å². The van der Waals surface area contributed by atoms with Crippen LogP contribution in [0.3, 0.4) is 0 Å². The van der Waals surface area contributed by atoms with Crippen LogP contribution in [0.5, 0.6) is 0 Å². The van der Waals surface area contributed by atoms with E-state index in [9.17, 15) is 24.0 Å². The largest absolute Gasteiger partial charge is 0.446 e. The number of fused-ring (bicyclic) bond motifs is 1. The average molecular weight is 561 g/mol. The van der Waals surface area contributed by atoms with E-state index in [4.69, 9.17) is 4.74 Å². The van der Waals surface area contributed by atoms with E-state index < -0.39 is 41.8 Å². The summed E-state index contributed by atoms with van der Waals surface area (Å²) in [5, 5.41) is 8.15. The molecular weight excluding hydrogens is 512 g/mol. The molecule has 0 radical (unpaired) electrons. The molecule has 4 unspecified atom stereocenters. The van der Waals surface area contributed by atoms with Gasteiger partial charge in [-0.25, -0.2) is 4.79 Å². The Morgan fingerprint density at radius 1 is 1.05 bits per heavy atom. The molecule has 3 fully saturated rings. The number of hydrogen-bond donors (Lipinski definition) is 3. The smallest absolute Gasteiger partial charge is 0.408 e. The Morgan fingerprint density at radius 3 is 2.27 bits per heavy atom. The molecule has 10 nitrogen and oxygen atoms in total. The molecule has 0 spiro atoms. The van der Waals surface area contributed by atoms with Gasteiger partial charge in [0.1, 0.15) is 18.2 Å². The summed E-state index contributed by atoms with van der Waals surface area (Å²) < 4.78 is 5.56. The molecule has 0 aromatic heterocycles. The first-order chi connectivity index (χ1) is 19.0. The van der Waals surface area contributed by atoms with Crippen molar-refractivity contribution in [2.24, 2.45) is 23.2 Å². The Balaban J connectivity index is 1.81. The fraction of sp³-hybridized carbons (Fsp3) is 0.767.